The molecule has 3 aromatic carbocycles. The minimum absolute atomic E-state index is 0.106. The van der Waals surface area contributed by atoms with E-state index in [1.54, 1.807) is 4.90 Å². The summed E-state index contributed by atoms with van der Waals surface area (Å²) in [5.74, 6) is 3.22. The highest BCUT2D eigenvalue weighted by Crippen LogP contribution is 2.29. The van der Waals surface area contributed by atoms with Crippen LogP contribution in [0.1, 0.15) is 149 Å². The number of rotatable bonds is 15. The third kappa shape index (κ3) is 20.0. The molecule has 2 atom stereocenters. The van der Waals surface area contributed by atoms with Crippen molar-refractivity contribution in [2.24, 2.45) is 23.7 Å². The quantitative estimate of drug-likeness (QED) is 0.142. The lowest BCUT2D eigenvalue weighted by Crippen LogP contribution is -2.45. The Labute approximate surface area is 403 Å². The molecule has 2 aliphatic heterocycles. The zero-order valence-corrected chi connectivity index (χ0v) is 42.4. The van der Waals surface area contributed by atoms with Gasteiger partial charge in [0.05, 0.1) is 0 Å². The molecule has 0 N–H and O–H groups in total. The highest BCUT2D eigenvalue weighted by Gasteiger charge is 2.29. The Morgan fingerprint density at radius 3 is 1.51 bits per heavy atom. The summed E-state index contributed by atoms with van der Waals surface area (Å²) in [6.45, 7) is 14.6. The van der Waals surface area contributed by atoms with Crippen molar-refractivity contribution in [3.8, 4) is 0 Å². The van der Waals surface area contributed by atoms with E-state index in [2.05, 4.69) is 33.0 Å². The number of alkyl halides is 1. The van der Waals surface area contributed by atoms with E-state index in [4.69, 9.17) is 4.74 Å². The summed E-state index contributed by atoms with van der Waals surface area (Å²) in [5.41, 5.74) is 2.95. The van der Waals surface area contributed by atoms with Gasteiger partial charge in [0, 0.05) is 62.3 Å². The maximum absolute atomic E-state index is 12.5. The molecule has 3 aromatic rings. The molecule has 8 nitrogen and oxygen atoms in total. The number of benzene rings is 3. The number of piperidine rings is 2. The van der Waals surface area contributed by atoms with Gasteiger partial charge in [-0.15, -0.1) is 0 Å². The number of ether oxygens (including phenoxy) is 1. The summed E-state index contributed by atoms with van der Waals surface area (Å²) in [6, 6.07) is 29.7. The van der Waals surface area contributed by atoms with Crippen LogP contribution in [0.2, 0.25) is 0 Å². The predicted molar refractivity (Wildman–Crippen MR) is 276 cm³/mol. The standard InChI is InChI=1S/C23H28N2O3.C23H36N2O.C8H15Br.C2H6/c1-2-22(26)25(21-13-7-4-8-14-21)17-20-12-9-15-24(16-20)23(27)28-18-19-10-5-3-6-11-19;1-2-23(26)25(22-13-7-4-8-14-22)19-21-12-9-16-24(18-21)17-15-20-10-5-3-6-11-20;9-7-6-8-4-2-1-3-5-8;1-2/h3-8,10-11,13-14,20H,2,9,12,15-18H2,1H3;4,7-8,13-14,20-21H,2-3,5-6,9-12,15-19H2,1H3;8H,1-7H2;1-2H3/t20-;21-;;/m11../s1. The Balaban J connectivity index is 0.000000232. The van der Waals surface area contributed by atoms with Crippen LogP contribution in [0.4, 0.5) is 16.2 Å². The molecule has 9 heteroatoms. The van der Waals surface area contributed by atoms with Gasteiger partial charge in [0.1, 0.15) is 6.61 Å². The van der Waals surface area contributed by atoms with E-state index in [9.17, 15) is 14.4 Å². The molecule has 0 spiro atoms. The van der Waals surface area contributed by atoms with Crippen molar-refractivity contribution in [2.45, 2.75) is 150 Å². The van der Waals surface area contributed by atoms with Crippen molar-refractivity contribution in [2.75, 3.05) is 60.9 Å². The first-order chi connectivity index (χ1) is 31.9. The first kappa shape index (κ1) is 53.9. The fraction of sp³-hybridized carbons (Fsp3) is 0.625. The molecule has 65 heavy (non-hydrogen) atoms. The minimum Gasteiger partial charge on any atom is -0.445 e. The average molecular weight is 958 g/mol. The molecule has 0 unspecified atom stereocenters. The average Bonchev–Trinajstić information content (AvgIpc) is 3.38. The van der Waals surface area contributed by atoms with Crippen LogP contribution in [0.25, 0.3) is 0 Å². The predicted octanol–water partition coefficient (Wildman–Crippen LogP) is 14.0. The number of carbonyl (C=O) groups excluding carboxylic acids is 3. The van der Waals surface area contributed by atoms with E-state index in [1.807, 2.05) is 116 Å². The van der Waals surface area contributed by atoms with Gasteiger partial charge in [-0.25, -0.2) is 4.79 Å². The Morgan fingerprint density at radius 1 is 0.569 bits per heavy atom. The van der Waals surface area contributed by atoms with E-state index in [0.717, 1.165) is 54.7 Å². The highest BCUT2D eigenvalue weighted by molar-refractivity contribution is 9.09. The van der Waals surface area contributed by atoms with Crippen molar-refractivity contribution >= 4 is 45.2 Å². The van der Waals surface area contributed by atoms with E-state index < -0.39 is 0 Å². The molecular formula is C56H85BrN4O4. The van der Waals surface area contributed by atoms with Crippen molar-refractivity contribution in [3.05, 3.63) is 96.6 Å². The molecule has 360 valence electrons. The van der Waals surface area contributed by atoms with Gasteiger partial charge < -0.3 is 24.3 Å². The van der Waals surface area contributed by atoms with Crippen LogP contribution in [0.5, 0.6) is 0 Å². The van der Waals surface area contributed by atoms with Crippen molar-refractivity contribution in [1.82, 2.24) is 9.80 Å². The topological polar surface area (TPSA) is 73.4 Å². The summed E-state index contributed by atoms with van der Waals surface area (Å²) in [6.07, 6.45) is 22.7. The smallest absolute Gasteiger partial charge is 0.410 e. The zero-order valence-electron chi connectivity index (χ0n) is 40.9. The second kappa shape index (κ2) is 32.1. The number of halogens is 1. The molecule has 2 aliphatic carbocycles. The lowest BCUT2D eigenvalue weighted by atomic mass is 9.86. The maximum Gasteiger partial charge on any atom is 0.410 e. The Bertz CT molecular complexity index is 1700. The van der Waals surface area contributed by atoms with Gasteiger partial charge in [0.25, 0.3) is 0 Å². The molecule has 0 radical (unpaired) electrons. The number of amides is 3. The van der Waals surface area contributed by atoms with Gasteiger partial charge >= 0.3 is 6.09 Å². The molecule has 2 saturated carbocycles. The summed E-state index contributed by atoms with van der Waals surface area (Å²) in [5, 5.41) is 1.21. The number of hydrogen-bond donors (Lipinski definition) is 0. The van der Waals surface area contributed by atoms with Gasteiger partial charge in [-0.05, 0) is 105 Å². The molecule has 0 bridgehead atoms. The van der Waals surface area contributed by atoms with Gasteiger partial charge in [-0.3, -0.25) is 9.59 Å². The third-order valence-electron chi connectivity index (χ3n) is 13.6. The lowest BCUT2D eigenvalue weighted by molar-refractivity contribution is -0.119. The lowest BCUT2D eigenvalue weighted by Gasteiger charge is -2.36. The summed E-state index contributed by atoms with van der Waals surface area (Å²) in [7, 11) is 0. The van der Waals surface area contributed by atoms with Crippen LogP contribution in [-0.2, 0) is 20.9 Å². The van der Waals surface area contributed by atoms with E-state index >= 15 is 0 Å². The second-order valence-corrected chi connectivity index (χ2v) is 19.3. The maximum atomic E-state index is 12.5. The Hall–Kier alpha value is -3.69. The van der Waals surface area contributed by atoms with Gasteiger partial charge in [-0.1, -0.05) is 175 Å². The van der Waals surface area contributed by atoms with Crippen LogP contribution >= 0.6 is 15.9 Å². The number of carbonyl (C=O) groups is 3. The fourth-order valence-electron chi connectivity index (χ4n) is 9.98. The van der Waals surface area contributed by atoms with E-state index in [1.165, 1.54) is 108 Å². The van der Waals surface area contributed by atoms with Crippen LogP contribution < -0.4 is 9.80 Å². The molecule has 4 aliphatic rings. The Morgan fingerprint density at radius 2 is 1.02 bits per heavy atom. The first-order valence-electron chi connectivity index (χ1n) is 25.8. The van der Waals surface area contributed by atoms with Crippen LogP contribution in [0, 0.1) is 23.7 Å². The number of hydrogen-bond acceptors (Lipinski definition) is 5. The SMILES string of the molecule is BrCCC1CCCCC1.CC.CCC(=O)N(C[C@@H]1CCCN(C(=O)OCc2ccccc2)C1)c1ccccc1.CCC(=O)N(C[C@@H]1CCCN(CCC2CCCCC2)C1)c1ccccc1. The number of anilines is 2. The van der Waals surface area contributed by atoms with E-state index in [-0.39, 0.29) is 30.4 Å². The summed E-state index contributed by atoms with van der Waals surface area (Å²) in [4.78, 5) is 45.8. The summed E-state index contributed by atoms with van der Waals surface area (Å²) >= 11 is 3.48. The zero-order chi connectivity index (χ0) is 46.5. The summed E-state index contributed by atoms with van der Waals surface area (Å²) < 4.78 is 5.48. The highest BCUT2D eigenvalue weighted by atomic mass is 79.9. The molecule has 2 saturated heterocycles. The minimum atomic E-state index is -0.276. The largest absolute Gasteiger partial charge is 0.445 e. The van der Waals surface area contributed by atoms with E-state index in [0.29, 0.717) is 38.4 Å². The van der Waals surface area contributed by atoms with Gasteiger partial charge in [0.2, 0.25) is 11.8 Å². The second-order valence-electron chi connectivity index (χ2n) is 18.5. The number of likely N-dealkylation sites (tertiary alicyclic amines) is 2. The van der Waals surface area contributed by atoms with Crippen molar-refractivity contribution < 1.29 is 19.1 Å². The molecule has 4 fully saturated rings. The van der Waals surface area contributed by atoms with Crippen LogP contribution in [0.3, 0.4) is 0 Å². The van der Waals surface area contributed by atoms with Crippen LogP contribution in [-0.4, -0.2) is 78.9 Å². The van der Waals surface area contributed by atoms with Crippen molar-refractivity contribution in [1.29, 1.82) is 0 Å². The normalized spacial score (nSPS) is 19.2. The third-order valence-corrected chi connectivity index (χ3v) is 14.1. The number of para-hydroxylation sites is 2. The van der Waals surface area contributed by atoms with Crippen molar-refractivity contribution in [3.63, 3.8) is 0 Å². The van der Waals surface area contributed by atoms with Gasteiger partial charge in [0.15, 0.2) is 0 Å². The monoisotopic (exact) mass is 957 g/mol. The molecule has 3 amide bonds. The van der Waals surface area contributed by atoms with Crippen LogP contribution in [0.15, 0.2) is 91.0 Å². The fourth-order valence-corrected chi connectivity index (χ4v) is 10.6. The Kier molecular flexibility index (Phi) is 26.6. The van der Waals surface area contributed by atoms with Gasteiger partial charge in [-0.2, -0.15) is 0 Å². The first-order valence-corrected chi connectivity index (χ1v) is 26.9. The molecule has 2 heterocycles. The molecule has 7 rings (SSSR count). The number of nitrogens with zero attached hydrogens (tertiary/aromatic N) is 4. The molecular weight excluding hydrogens is 873 g/mol. The molecule has 0 aromatic heterocycles.